The van der Waals surface area contributed by atoms with Gasteiger partial charge in [-0.2, -0.15) is 0 Å². The van der Waals surface area contributed by atoms with Crippen molar-refractivity contribution in [3.05, 3.63) is 71.9 Å². The highest BCUT2D eigenvalue weighted by atomic mass is 32.2. The second-order valence-electron chi connectivity index (χ2n) is 5.04. The van der Waals surface area contributed by atoms with Gasteiger partial charge in [-0.25, -0.2) is 0 Å². The highest BCUT2D eigenvalue weighted by molar-refractivity contribution is 7.99. The largest absolute Gasteiger partial charge is 0.388 e. The number of aliphatic hydroxyl groups is 1. The lowest BCUT2D eigenvalue weighted by Gasteiger charge is -2.11. The van der Waals surface area contributed by atoms with E-state index >= 15 is 0 Å². The molecule has 3 heteroatoms. The summed E-state index contributed by atoms with van der Waals surface area (Å²) in [5.41, 5.74) is 2.92. The third-order valence-electron chi connectivity index (χ3n) is 3.39. The van der Waals surface area contributed by atoms with Crippen LogP contribution in [0.25, 0.3) is 10.9 Å². The Morgan fingerprint density at radius 1 is 1.05 bits per heavy atom. The quantitative estimate of drug-likeness (QED) is 0.726. The van der Waals surface area contributed by atoms with E-state index < -0.39 is 6.10 Å². The van der Waals surface area contributed by atoms with Crippen molar-refractivity contribution >= 4 is 22.7 Å². The first-order valence-corrected chi connectivity index (χ1v) is 7.94. The smallest absolute Gasteiger partial charge is 0.0884 e. The molecule has 0 saturated carbocycles. The lowest BCUT2D eigenvalue weighted by Crippen LogP contribution is -2.00. The van der Waals surface area contributed by atoms with Crippen LogP contribution in [0, 0.1) is 6.92 Å². The molecule has 0 aliphatic carbocycles. The Labute approximate surface area is 128 Å². The summed E-state index contributed by atoms with van der Waals surface area (Å²) in [6, 6.07) is 20.2. The van der Waals surface area contributed by atoms with Gasteiger partial charge in [0.25, 0.3) is 0 Å². The summed E-state index contributed by atoms with van der Waals surface area (Å²) < 4.78 is 0. The van der Waals surface area contributed by atoms with Crippen molar-refractivity contribution in [1.29, 1.82) is 0 Å². The van der Waals surface area contributed by atoms with E-state index in [4.69, 9.17) is 0 Å². The molecule has 0 saturated heterocycles. The second-order valence-corrected chi connectivity index (χ2v) is 6.14. The van der Waals surface area contributed by atoms with E-state index in [1.807, 2.05) is 49.4 Å². The number of rotatable bonds is 4. The van der Waals surface area contributed by atoms with Gasteiger partial charge in [0.05, 0.1) is 11.6 Å². The number of benzene rings is 2. The average Bonchev–Trinajstić information content (AvgIpc) is 2.53. The molecule has 0 aliphatic heterocycles. The number of hydrogen-bond donors (Lipinski definition) is 1. The number of aryl methyl sites for hydroxylation is 1. The van der Waals surface area contributed by atoms with E-state index in [0.29, 0.717) is 5.75 Å². The fraction of sp³-hybridized carbons (Fsp3) is 0.167. The van der Waals surface area contributed by atoms with Crippen LogP contribution in [0.15, 0.2) is 65.6 Å². The Morgan fingerprint density at radius 3 is 2.67 bits per heavy atom. The van der Waals surface area contributed by atoms with Crippen molar-refractivity contribution in [2.24, 2.45) is 0 Å². The van der Waals surface area contributed by atoms with Gasteiger partial charge < -0.3 is 5.11 Å². The minimum absolute atomic E-state index is 0.471. The Balaban J connectivity index is 1.75. The summed E-state index contributed by atoms with van der Waals surface area (Å²) in [5.74, 6) is 0.648. The van der Waals surface area contributed by atoms with Crippen LogP contribution < -0.4 is 0 Å². The summed E-state index contributed by atoms with van der Waals surface area (Å²) in [5, 5.41) is 11.4. The van der Waals surface area contributed by atoms with Gasteiger partial charge in [-0.05, 0) is 42.8 Å². The summed E-state index contributed by atoms with van der Waals surface area (Å²) in [6.45, 7) is 1.98. The van der Waals surface area contributed by atoms with Crippen molar-refractivity contribution in [1.82, 2.24) is 4.98 Å². The van der Waals surface area contributed by atoms with Crippen LogP contribution in [-0.4, -0.2) is 15.8 Å². The Bertz CT molecular complexity index is 743. The van der Waals surface area contributed by atoms with E-state index in [1.165, 1.54) is 4.90 Å². The first-order valence-electron chi connectivity index (χ1n) is 6.95. The molecule has 0 bridgehead atoms. The number of hydrogen-bond acceptors (Lipinski definition) is 3. The fourth-order valence-electron chi connectivity index (χ4n) is 2.24. The molecule has 0 aliphatic rings. The number of pyridine rings is 1. The maximum absolute atomic E-state index is 10.4. The maximum atomic E-state index is 10.4. The Kier molecular flexibility index (Phi) is 4.23. The molecule has 1 atom stereocenters. The van der Waals surface area contributed by atoms with Gasteiger partial charge in [0.2, 0.25) is 0 Å². The second kappa shape index (κ2) is 6.29. The van der Waals surface area contributed by atoms with Gasteiger partial charge in [-0.1, -0.05) is 30.3 Å². The van der Waals surface area contributed by atoms with E-state index in [2.05, 4.69) is 23.2 Å². The zero-order chi connectivity index (χ0) is 14.7. The van der Waals surface area contributed by atoms with Crippen molar-refractivity contribution in [3.63, 3.8) is 0 Å². The van der Waals surface area contributed by atoms with E-state index in [1.54, 1.807) is 11.8 Å². The number of aliphatic hydroxyl groups excluding tert-OH is 1. The van der Waals surface area contributed by atoms with Crippen LogP contribution in [0.4, 0.5) is 0 Å². The van der Waals surface area contributed by atoms with Gasteiger partial charge in [0.15, 0.2) is 0 Å². The van der Waals surface area contributed by atoms with Crippen LogP contribution in [0.1, 0.15) is 17.4 Å². The lowest BCUT2D eigenvalue weighted by atomic mass is 10.1. The number of thioether (sulfide) groups is 1. The van der Waals surface area contributed by atoms with Crippen LogP contribution >= 0.6 is 11.8 Å². The first-order chi connectivity index (χ1) is 10.2. The highest BCUT2D eigenvalue weighted by Gasteiger charge is 2.09. The van der Waals surface area contributed by atoms with Gasteiger partial charge in [-0.3, -0.25) is 4.98 Å². The lowest BCUT2D eigenvalue weighted by molar-refractivity contribution is 0.204. The molecule has 2 aromatic carbocycles. The van der Waals surface area contributed by atoms with Crippen molar-refractivity contribution in [2.75, 3.05) is 5.75 Å². The van der Waals surface area contributed by atoms with Gasteiger partial charge in [-0.15, -0.1) is 11.8 Å². The molecule has 1 heterocycles. The molecule has 106 valence electrons. The van der Waals surface area contributed by atoms with Gasteiger partial charge in [0, 0.05) is 21.7 Å². The average molecular weight is 295 g/mol. The summed E-state index contributed by atoms with van der Waals surface area (Å²) in [6.07, 6.45) is -0.471. The highest BCUT2D eigenvalue weighted by Crippen LogP contribution is 2.26. The third kappa shape index (κ3) is 3.43. The normalized spacial score (nSPS) is 12.5. The molecule has 2 nitrogen and oxygen atoms in total. The molecule has 1 unspecified atom stereocenters. The monoisotopic (exact) mass is 295 g/mol. The van der Waals surface area contributed by atoms with Gasteiger partial charge >= 0.3 is 0 Å². The molecular formula is C18H17NOS. The number of nitrogens with zero attached hydrogens (tertiary/aromatic N) is 1. The number of fused-ring (bicyclic) bond motifs is 1. The molecular weight excluding hydrogens is 278 g/mol. The van der Waals surface area contributed by atoms with Gasteiger partial charge in [0.1, 0.15) is 0 Å². The fourth-order valence-corrected chi connectivity index (χ4v) is 3.13. The minimum atomic E-state index is -0.471. The van der Waals surface area contributed by atoms with Crippen LogP contribution in [0.5, 0.6) is 0 Å². The summed E-state index contributed by atoms with van der Waals surface area (Å²) in [7, 11) is 0. The molecule has 1 aromatic heterocycles. The first kappa shape index (κ1) is 14.1. The minimum Gasteiger partial charge on any atom is -0.388 e. The van der Waals surface area contributed by atoms with Crippen LogP contribution in [-0.2, 0) is 0 Å². The van der Waals surface area contributed by atoms with Crippen LogP contribution in [0.3, 0.4) is 0 Å². The van der Waals surface area contributed by atoms with Crippen LogP contribution in [0.2, 0.25) is 0 Å². The zero-order valence-corrected chi connectivity index (χ0v) is 12.7. The molecule has 1 N–H and O–H groups in total. The molecule has 0 amide bonds. The predicted octanol–water partition coefficient (Wildman–Crippen LogP) is 4.37. The molecule has 3 aromatic rings. The molecule has 0 radical (unpaired) electrons. The predicted molar refractivity (Wildman–Crippen MR) is 88.6 cm³/mol. The summed E-state index contributed by atoms with van der Waals surface area (Å²) >= 11 is 1.67. The van der Waals surface area contributed by atoms with E-state index in [9.17, 15) is 5.11 Å². The van der Waals surface area contributed by atoms with Crippen molar-refractivity contribution in [3.8, 4) is 0 Å². The SMILES string of the molecule is Cc1ccc2cc(C(O)CSc3ccccc3)ccc2n1. The summed E-state index contributed by atoms with van der Waals surface area (Å²) in [4.78, 5) is 5.66. The van der Waals surface area contributed by atoms with Crippen molar-refractivity contribution in [2.45, 2.75) is 17.9 Å². The number of aromatic nitrogens is 1. The Hall–Kier alpha value is -1.84. The Morgan fingerprint density at radius 2 is 1.86 bits per heavy atom. The molecule has 3 rings (SSSR count). The maximum Gasteiger partial charge on any atom is 0.0884 e. The standard InChI is InChI=1S/C18H17NOS/c1-13-7-8-14-11-15(9-10-17(14)19-13)18(20)12-21-16-5-3-2-4-6-16/h2-11,18,20H,12H2,1H3. The van der Waals surface area contributed by atoms with E-state index in [-0.39, 0.29) is 0 Å². The molecule has 0 spiro atoms. The topological polar surface area (TPSA) is 33.1 Å². The molecule has 0 fully saturated rings. The third-order valence-corrected chi connectivity index (χ3v) is 4.48. The van der Waals surface area contributed by atoms with E-state index in [0.717, 1.165) is 22.2 Å². The van der Waals surface area contributed by atoms with Crippen molar-refractivity contribution < 1.29 is 5.11 Å². The molecule has 21 heavy (non-hydrogen) atoms. The zero-order valence-electron chi connectivity index (χ0n) is 11.9.